The number of aliphatic hydroxyl groups is 1. The highest BCUT2D eigenvalue weighted by atomic mass is 35.5. The van der Waals surface area contributed by atoms with Crippen molar-refractivity contribution in [2.24, 2.45) is 17.8 Å². The Kier molecular flexibility index (Phi) is 8.07. The molecule has 36 heavy (non-hydrogen) atoms. The van der Waals surface area contributed by atoms with Crippen LogP contribution in [0, 0.1) is 17.8 Å². The molecular weight excluding hydrogens is 500 g/mol. The molecule has 3 heterocycles. The molecule has 0 saturated carbocycles. The molecule has 3 saturated heterocycles. The lowest BCUT2D eigenvalue weighted by Gasteiger charge is -2.40. The van der Waals surface area contributed by atoms with Crippen molar-refractivity contribution in [3.63, 3.8) is 0 Å². The van der Waals surface area contributed by atoms with Gasteiger partial charge in [-0.15, -0.1) is 18.3 Å². The molecule has 1 aromatic rings. The van der Waals surface area contributed by atoms with Crippen molar-refractivity contribution in [2.75, 3.05) is 24.7 Å². The number of likely N-dealkylation sites (tertiary alicyclic amines) is 1. The number of halogens is 1. The second-order valence-corrected chi connectivity index (χ2v) is 12.3. The van der Waals surface area contributed by atoms with E-state index < -0.39 is 28.7 Å². The van der Waals surface area contributed by atoms with E-state index in [1.54, 1.807) is 58.8 Å². The van der Waals surface area contributed by atoms with Gasteiger partial charge >= 0.3 is 5.97 Å². The summed E-state index contributed by atoms with van der Waals surface area (Å²) in [4.78, 5) is 44.9. The highest BCUT2D eigenvalue weighted by molar-refractivity contribution is 8.02. The van der Waals surface area contributed by atoms with Crippen molar-refractivity contribution in [1.82, 2.24) is 4.90 Å². The average Bonchev–Trinajstić information content (AvgIpc) is 3.49. The highest BCUT2D eigenvalue weighted by Crippen LogP contribution is 2.67. The topological polar surface area (TPSA) is 87.2 Å². The molecule has 196 valence electrons. The first-order chi connectivity index (χ1) is 17.2. The third-order valence-corrected chi connectivity index (χ3v) is 9.80. The zero-order valence-electron chi connectivity index (χ0n) is 21.1. The molecule has 0 aromatic heterocycles. The van der Waals surface area contributed by atoms with Gasteiger partial charge in [0.1, 0.15) is 6.04 Å². The molecule has 1 N–H and O–H groups in total. The van der Waals surface area contributed by atoms with Gasteiger partial charge in [0.05, 0.1) is 35.8 Å². The minimum atomic E-state index is -0.809. The van der Waals surface area contributed by atoms with Gasteiger partial charge in [-0.1, -0.05) is 31.5 Å². The Labute approximate surface area is 222 Å². The number of hydrogen-bond donors (Lipinski definition) is 1. The Morgan fingerprint density at radius 2 is 2.06 bits per heavy atom. The van der Waals surface area contributed by atoms with Crippen molar-refractivity contribution in [2.45, 2.75) is 62.1 Å². The lowest BCUT2D eigenvalue weighted by molar-refractivity contribution is -0.154. The van der Waals surface area contributed by atoms with Crippen LogP contribution in [0.3, 0.4) is 0 Å². The van der Waals surface area contributed by atoms with Gasteiger partial charge in [0.15, 0.2) is 0 Å². The van der Waals surface area contributed by atoms with Gasteiger partial charge in [0.2, 0.25) is 5.91 Å². The van der Waals surface area contributed by atoms with Crippen LogP contribution in [0.2, 0.25) is 5.02 Å². The van der Waals surface area contributed by atoms with E-state index in [9.17, 15) is 19.5 Å². The summed E-state index contributed by atoms with van der Waals surface area (Å²) < 4.78 is 4.64. The van der Waals surface area contributed by atoms with E-state index in [1.165, 1.54) is 0 Å². The number of nitrogens with zero attached hydrogens (tertiary/aromatic N) is 2. The van der Waals surface area contributed by atoms with Crippen LogP contribution in [0.4, 0.5) is 5.69 Å². The summed E-state index contributed by atoms with van der Waals surface area (Å²) >= 11 is 7.69. The zero-order chi connectivity index (χ0) is 26.2. The van der Waals surface area contributed by atoms with Crippen LogP contribution in [-0.2, 0) is 19.1 Å². The Morgan fingerprint density at radius 3 is 2.64 bits per heavy atom. The average molecular weight is 535 g/mol. The molecule has 3 fully saturated rings. The van der Waals surface area contributed by atoms with Crippen LogP contribution < -0.4 is 4.90 Å². The molecular formula is C27H35ClN2O5S. The number of carbonyl (C=O) groups excluding carboxylic acids is 3. The predicted octanol–water partition coefficient (Wildman–Crippen LogP) is 3.92. The smallest absolute Gasteiger partial charge is 0.310 e. The van der Waals surface area contributed by atoms with Gasteiger partial charge in [0.25, 0.3) is 5.91 Å². The number of amides is 2. The van der Waals surface area contributed by atoms with E-state index in [1.807, 2.05) is 13.8 Å². The van der Waals surface area contributed by atoms with Crippen LogP contribution >= 0.6 is 23.4 Å². The summed E-state index contributed by atoms with van der Waals surface area (Å²) in [7, 11) is 0. The Balaban J connectivity index is 1.81. The molecule has 3 aliphatic rings. The monoisotopic (exact) mass is 534 g/mol. The molecule has 2 bridgehead atoms. The number of ether oxygens (including phenoxy) is 1. The fourth-order valence-electron chi connectivity index (χ4n) is 6.31. The standard InChI is InChI=1S/C27H35ClN2O5S/c1-5-13-29(18-9-7-17(28)8-10-18)25(33)23-27-12-11-20(36-27)21(26(34)35-6-2)22(27)24(32)30(23)19(15-31)14-16(3)4/h5,7-10,16,19-23,31H,1,6,11-15H2,2-4H3/t19-,20+,21-,22+,23?,27?/m1/s1. The first-order valence-corrected chi connectivity index (χ1v) is 13.9. The summed E-state index contributed by atoms with van der Waals surface area (Å²) in [5.74, 6) is -1.85. The first-order valence-electron chi connectivity index (χ1n) is 12.6. The van der Waals surface area contributed by atoms with Gasteiger partial charge in [-0.25, -0.2) is 0 Å². The summed E-state index contributed by atoms with van der Waals surface area (Å²) in [6.07, 6.45) is 3.60. The second-order valence-electron chi connectivity index (χ2n) is 10.2. The van der Waals surface area contributed by atoms with E-state index in [-0.39, 0.29) is 48.7 Å². The number of carbonyl (C=O) groups is 3. The Morgan fingerprint density at radius 1 is 1.36 bits per heavy atom. The molecule has 9 heteroatoms. The van der Waals surface area contributed by atoms with Crippen LogP contribution in [0.25, 0.3) is 0 Å². The van der Waals surface area contributed by atoms with E-state index in [4.69, 9.17) is 16.3 Å². The van der Waals surface area contributed by atoms with Crippen molar-refractivity contribution >= 4 is 46.8 Å². The number of thioether (sulfide) groups is 1. The summed E-state index contributed by atoms with van der Waals surface area (Å²) in [6, 6.07) is 5.67. The molecule has 7 nitrogen and oxygen atoms in total. The zero-order valence-corrected chi connectivity index (χ0v) is 22.6. The molecule has 6 atom stereocenters. The normalized spacial score (nSPS) is 29.4. The maximum absolute atomic E-state index is 14.5. The number of rotatable bonds is 10. The molecule has 4 rings (SSSR count). The second kappa shape index (κ2) is 10.8. The number of anilines is 1. The maximum atomic E-state index is 14.5. The summed E-state index contributed by atoms with van der Waals surface area (Å²) in [6.45, 7) is 9.89. The number of esters is 1. The number of aliphatic hydroxyl groups excluding tert-OH is 1. The van der Waals surface area contributed by atoms with Crippen molar-refractivity contribution in [3.8, 4) is 0 Å². The lowest BCUT2D eigenvalue weighted by Crippen LogP contribution is -2.57. The third kappa shape index (κ3) is 4.45. The Hall–Kier alpha value is -2.03. The van der Waals surface area contributed by atoms with Gasteiger partial charge in [-0.3, -0.25) is 14.4 Å². The number of hydrogen-bond acceptors (Lipinski definition) is 6. The largest absolute Gasteiger partial charge is 0.466 e. The SMILES string of the molecule is C=CCN(C(=O)C1N([C@@H](CO)CC(C)C)C(=O)[C@@H]2[C@H](C(=O)OCC)[C@@H]3CCC12S3)c1ccc(Cl)cc1. The van der Waals surface area contributed by atoms with E-state index in [0.717, 1.165) is 6.42 Å². The molecule has 3 aliphatic heterocycles. The molecule has 2 amide bonds. The van der Waals surface area contributed by atoms with Gasteiger partial charge < -0.3 is 19.6 Å². The van der Waals surface area contributed by atoms with Gasteiger partial charge in [-0.2, -0.15) is 0 Å². The highest BCUT2D eigenvalue weighted by Gasteiger charge is 2.74. The molecule has 1 spiro atoms. The summed E-state index contributed by atoms with van der Waals surface area (Å²) in [5.41, 5.74) is 0.653. The van der Waals surface area contributed by atoms with Crippen LogP contribution in [0.15, 0.2) is 36.9 Å². The number of fused-ring (bicyclic) bond motifs is 1. The Bertz CT molecular complexity index is 1020. The van der Waals surface area contributed by atoms with Crippen LogP contribution in [-0.4, -0.2) is 69.6 Å². The minimum Gasteiger partial charge on any atom is -0.466 e. The van der Waals surface area contributed by atoms with Crippen molar-refractivity contribution in [1.29, 1.82) is 0 Å². The van der Waals surface area contributed by atoms with E-state index in [2.05, 4.69) is 6.58 Å². The molecule has 2 unspecified atom stereocenters. The molecule has 0 radical (unpaired) electrons. The summed E-state index contributed by atoms with van der Waals surface area (Å²) in [5, 5.41) is 10.9. The molecule has 1 aromatic carbocycles. The maximum Gasteiger partial charge on any atom is 0.310 e. The van der Waals surface area contributed by atoms with Crippen molar-refractivity contribution < 1.29 is 24.2 Å². The number of benzene rings is 1. The third-order valence-electron chi connectivity index (χ3n) is 7.59. The predicted molar refractivity (Wildman–Crippen MR) is 142 cm³/mol. The fourth-order valence-corrected chi connectivity index (χ4v) is 8.62. The minimum absolute atomic E-state index is 0.0588. The van der Waals surface area contributed by atoms with Crippen LogP contribution in [0.5, 0.6) is 0 Å². The lowest BCUT2D eigenvalue weighted by atomic mass is 9.71. The molecule has 0 aliphatic carbocycles. The fraction of sp³-hybridized carbons (Fsp3) is 0.593. The van der Waals surface area contributed by atoms with Gasteiger partial charge in [0, 0.05) is 22.5 Å². The van der Waals surface area contributed by atoms with Crippen molar-refractivity contribution in [3.05, 3.63) is 41.9 Å². The van der Waals surface area contributed by atoms with Crippen LogP contribution in [0.1, 0.15) is 40.0 Å². The van der Waals surface area contributed by atoms with E-state index in [0.29, 0.717) is 23.6 Å². The van der Waals surface area contributed by atoms with Gasteiger partial charge in [-0.05, 0) is 56.4 Å². The quantitative estimate of drug-likeness (QED) is 0.361. The first kappa shape index (κ1) is 27.0. The van der Waals surface area contributed by atoms with E-state index >= 15 is 0 Å².